The molecule has 2 rings (SSSR count). The van der Waals surface area contributed by atoms with Gasteiger partial charge in [0.2, 0.25) is 0 Å². The van der Waals surface area contributed by atoms with Crippen LogP contribution in [0.5, 0.6) is 5.75 Å². The predicted molar refractivity (Wildman–Crippen MR) is 61.0 cm³/mol. The van der Waals surface area contributed by atoms with Gasteiger partial charge in [0.1, 0.15) is 12.0 Å². The van der Waals surface area contributed by atoms with Crippen LogP contribution in [-0.2, 0) is 6.42 Å². The largest absolute Gasteiger partial charge is 0.475 e. The van der Waals surface area contributed by atoms with Crippen molar-refractivity contribution in [2.24, 2.45) is 0 Å². The van der Waals surface area contributed by atoms with Gasteiger partial charge < -0.3 is 4.74 Å². The van der Waals surface area contributed by atoms with Crippen LogP contribution >= 0.6 is 22.6 Å². The summed E-state index contributed by atoms with van der Waals surface area (Å²) in [7, 11) is 1.93. The van der Waals surface area contributed by atoms with Crippen molar-refractivity contribution in [3.05, 3.63) is 27.3 Å². The normalized spacial score (nSPS) is 20.6. The number of hydrogen-bond acceptors (Lipinski definition) is 2. The van der Waals surface area contributed by atoms with Crippen LogP contribution in [0.4, 0.5) is 0 Å². The van der Waals surface area contributed by atoms with E-state index in [1.165, 1.54) is 9.13 Å². The van der Waals surface area contributed by atoms with Crippen LogP contribution in [0.1, 0.15) is 12.0 Å². The van der Waals surface area contributed by atoms with E-state index in [0.29, 0.717) is 0 Å². The summed E-state index contributed by atoms with van der Waals surface area (Å²) in [5.41, 5.74) is 1.33. The second-order valence-electron chi connectivity index (χ2n) is 3.19. The quantitative estimate of drug-likeness (QED) is 0.800. The zero-order chi connectivity index (χ0) is 9.26. The van der Waals surface area contributed by atoms with Gasteiger partial charge >= 0.3 is 0 Å². The Labute approximate surface area is 91.8 Å². The topological polar surface area (TPSA) is 21.3 Å². The molecule has 0 aliphatic carbocycles. The lowest BCUT2D eigenvalue weighted by Crippen LogP contribution is -2.34. The van der Waals surface area contributed by atoms with Gasteiger partial charge in [-0.05, 0) is 59.8 Å². The Hall–Kier alpha value is -0.290. The molecule has 1 aromatic carbocycles. The molecule has 2 nitrogen and oxygen atoms in total. The van der Waals surface area contributed by atoms with Gasteiger partial charge in [-0.1, -0.05) is 0 Å². The van der Waals surface area contributed by atoms with Crippen LogP contribution in [0.3, 0.4) is 0 Å². The fourth-order valence-electron chi connectivity index (χ4n) is 1.56. The fraction of sp³-hybridized carbons (Fsp3) is 0.400. The Bertz CT molecular complexity index is 314. The number of ether oxygens (including phenoxy) is 1. The highest BCUT2D eigenvalue weighted by molar-refractivity contribution is 14.1. The van der Waals surface area contributed by atoms with E-state index in [9.17, 15) is 0 Å². The zero-order valence-corrected chi connectivity index (χ0v) is 9.67. The zero-order valence-electron chi connectivity index (χ0n) is 7.51. The van der Waals surface area contributed by atoms with Crippen LogP contribution in [-0.4, -0.2) is 13.3 Å². The minimum atomic E-state index is 0.188. The summed E-state index contributed by atoms with van der Waals surface area (Å²) in [4.78, 5) is 0. The Balaban J connectivity index is 2.26. The highest BCUT2D eigenvalue weighted by Crippen LogP contribution is 2.27. The maximum Gasteiger partial charge on any atom is 0.150 e. The molecule has 70 valence electrons. The molecule has 0 radical (unpaired) electrons. The van der Waals surface area contributed by atoms with Gasteiger partial charge in [-0.15, -0.1) is 0 Å². The summed E-state index contributed by atoms with van der Waals surface area (Å²) < 4.78 is 7.00. The first-order valence-electron chi connectivity index (χ1n) is 4.42. The number of benzene rings is 1. The molecular formula is C10H12INO. The van der Waals surface area contributed by atoms with E-state index in [1.54, 1.807) is 0 Å². The molecule has 0 fully saturated rings. The molecule has 1 aromatic rings. The first kappa shape index (κ1) is 9.27. The van der Waals surface area contributed by atoms with Crippen LogP contribution in [0.2, 0.25) is 0 Å². The van der Waals surface area contributed by atoms with Gasteiger partial charge in [-0.2, -0.15) is 0 Å². The Morgan fingerprint density at radius 2 is 2.38 bits per heavy atom. The van der Waals surface area contributed by atoms with Crippen LogP contribution < -0.4 is 10.1 Å². The lowest BCUT2D eigenvalue weighted by Gasteiger charge is -2.25. The van der Waals surface area contributed by atoms with Gasteiger partial charge in [-0.25, -0.2) is 0 Å². The number of nitrogens with one attached hydrogen (secondary N) is 1. The molecule has 1 N–H and O–H groups in total. The smallest absolute Gasteiger partial charge is 0.150 e. The second kappa shape index (κ2) is 3.84. The summed E-state index contributed by atoms with van der Waals surface area (Å²) in [6.07, 6.45) is 2.36. The molecular weight excluding hydrogens is 277 g/mol. The van der Waals surface area contributed by atoms with Crippen molar-refractivity contribution >= 4 is 22.6 Å². The minimum Gasteiger partial charge on any atom is -0.475 e. The molecule has 0 bridgehead atoms. The fourth-order valence-corrected chi connectivity index (χ4v) is 2.12. The summed E-state index contributed by atoms with van der Waals surface area (Å²) in [5.74, 6) is 1.03. The molecule has 0 aromatic heterocycles. The van der Waals surface area contributed by atoms with E-state index in [1.807, 2.05) is 7.05 Å². The number of hydrogen-bond donors (Lipinski definition) is 1. The summed E-state index contributed by atoms with van der Waals surface area (Å²) in [6.45, 7) is 0. The molecule has 1 heterocycles. The van der Waals surface area contributed by atoms with E-state index in [0.717, 1.165) is 18.6 Å². The molecule has 0 saturated heterocycles. The molecule has 0 spiro atoms. The SMILES string of the molecule is CNC1CCc2cc(I)ccc2O1. The van der Waals surface area contributed by atoms with E-state index < -0.39 is 0 Å². The van der Waals surface area contributed by atoms with Crippen molar-refractivity contribution in [2.45, 2.75) is 19.1 Å². The van der Waals surface area contributed by atoms with E-state index in [-0.39, 0.29) is 6.23 Å². The van der Waals surface area contributed by atoms with E-state index >= 15 is 0 Å². The van der Waals surface area contributed by atoms with Crippen LogP contribution in [0, 0.1) is 3.57 Å². The van der Waals surface area contributed by atoms with E-state index in [4.69, 9.17) is 4.74 Å². The Kier molecular flexibility index (Phi) is 2.74. The average molecular weight is 289 g/mol. The number of fused-ring (bicyclic) bond motifs is 1. The minimum absolute atomic E-state index is 0.188. The molecule has 1 atom stereocenters. The van der Waals surface area contributed by atoms with Gasteiger partial charge in [0.05, 0.1) is 0 Å². The molecule has 1 aliphatic heterocycles. The molecule has 1 aliphatic rings. The molecule has 3 heteroatoms. The second-order valence-corrected chi connectivity index (χ2v) is 4.43. The third-order valence-electron chi connectivity index (χ3n) is 2.29. The lowest BCUT2D eigenvalue weighted by molar-refractivity contribution is 0.147. The van der Waals surface area contributed by atoms with Crippen LogP contribution in [0.25, 0.3) is 0 Å². The number of halogens is 1. The Morgan fingerprint density at radius 1 is 1.54 bits per heavy atom. The van der Waals surface area contributed by atoms with Gasteiger partial charge in [-0.3, -0.25) is 5.32 Å². The first-order chi connectivity index (χ1) is 6.29. The number of aryl methyl sites for hydroxylation is 1. The predicted octanol–water partition coefficient (Wildman–Crippen LogP) is 2.16. The summed E-state index contributed by atoms with van der Waals surface area (Å²) in [5, 5.41) is 3.14. The third-order valence-corrected chi connectivity index (χ3v) is 2.96. The monoisotopic (exact) mass is 289 g/mol. The highest BCUT2D eigenvalue weighted by atomic mass is 127. The van der Waals surface area contributed by atoms with Gasteiger partial charge in [0, 0.05) is 9.99 Å². The third kappa shape index (κ3) is 1.96. The van der Waals surface area contributed by atoms with Crippen molar-refractivity contribution in [3.63, 3.8) is 0 Å². The van der Waals surface area contributed by atoms with Crippen LogP contribution in [0.15, 0.2) is 18.2 Å². The highest BCUT2D eigenvalue weighted by Gasteiger charge is 2.17. The maximum absolute atomic E-state index is 5.72. The van der Waals surface area contributed by atoms with Gasteiger partial charge in [0.15, 0.2) is 0 Å². The maximum atomic E-state index is 5.72. The summed E-state index contributed by atoms with van der Waals surface area (Å²) in [6, 6.07) is 6.33. The van der Waals surface area contributed by atoms with Crippen molar-refractivity contribution in [3.8, 4) is 5.75 Å². The Morgan fingerprint density at radius 3 is 3.15 bits per heavy atom. The number of rotatable bonds is 1. The van der Waals surface area contributed by atoms with E-state index in [2.05, 4.69) is 46.1 Å². The molecule has 1 unspecified atom stereocenters. The molecule has 0 amide bonds. The standard InChI is InChI=1S/C10H12INO/c1-12-10-5-2-7-6-8(11)3-4-9(7)13-10/h3-4,6,10,12H,2,5H2,1H3. The van der Waals surface area contributed by atoms with Crippen molar-refractivity contribution in [2.75, 3.05) is 7.05 Å². The lowest BCUT2D eigenvalue weighted by atomic mass is 10.1. The summed E-state index contributed by atoms with van der Waals surface area (Å²) >= 11 is 2.33. The molecule has 0 saturated carbocycles. The average Bonchev–Trinajstić information content (AvgIpc) is 2.17. The first-order valence-corrected chi connectivity index (χ1v) is 5.50. The molecule has 13 heavy (non-hydrogen) atoms. The van der Waals surface area contributed by atoms with Crippen molar-refractivity contribution in [1.29, 1.82) is 0 Å². The van der Waals surface area contributed by atoms with Crippen molar-refractivity contribution in [1.82, 2.24) is 5.32 Å². The van der Waals surface area contributed by atoms with Gasteiger partial charge in [0.25, 0.3) is 0 Å². The van der Waals surface area contributed by atoms with Crippen molar-refractivity contribution < 1.29 is 4.74 Å².